The van der Waals surface area contributed by atoms with Gasteiger partial charge in [0.1, 0.15) is 0 Å². The Bertz CT molecular complexity index is 701. The van der Waals surface area contributed by atoms with Gasteiger partial charge >= 0.3 is 0 Å². The molecular weight excluding hydrogens is 272 g/mol. The fraction of sp³-hybridized carbons (Fsp3) is 0.400. The number of aromatic nitrogens is 1. The molecule has 2 aromatic rings. The molecule has 0 amide bonds. The summed E-state index contributed by atoms with van der Waals surface area (Å²) in [5.74, 6) is 0. The third-order valence-corrected chi connectivity index (χ3v) is 5.73. The normalized spacial score (nSPS) is 17.2. The van der Waals surface area contributed by atoms with E-state index in [-0.39, 0.29) is 5.25 Å². The highest BCUT2D eigenvalue weighted by Crippen LogP contribution is 2.27. The molecule has 0 radical (unpaired) electrons. The van der Waals surface area contributed by atoms with E-state index in [1.807, 2.05) is 24.3 Å². The Kier molecular flexibility index (Phi) is 3.61. The number of nitrogens with zero attached hydrogens (tertiary/aromatic N) is 1. The molecule has 3 rings (SSSR count). The highest BCUT2D eigenvalue weighted by Gasteiger charge is 2.27. The van der Waals surface area contributed by atoms with Gasteiger partial charge < -0.3 is 0 Å². The summed E-state index contributed by atoms with van der Waals surface area (Å²) in [6, 6.07) is 9.33. The second-order valence-electron chi connectivity index (χ2n) is 5.29. The van der Waals surface area contributed by atoms with E-state index in [4.69, 9.17) is 0 Å². The van der Waals surface area contributed by atoms with Gasteiger partial charge in [-0.05, 0) is 25.0 Å². The van der Waals surface area contributed by atoms with Gasteiger partial charge in [-0.3, -0.25) is 9.71 Å². The molecule has 106 valence electrons. The number of benzene rings is 1. The molecule has 1 N–H and O–H groups in total. The van der Waals surface area contributed by atoms with Crippen LogP contribution in [-0.2, 0) is 10.0 Å². The fourth-order valence-corrected chi connectivity index (χ4v) is 4.39. The van der Waals surface area contributed by atoms with Crippen LogP contribution < -0.4 is 4.72 Å². The Labute approximate surface area is 119 Å². The van der Waals surface area contributed by atoms with E-state index in [0.29, 0.717) is 11.2 Å². The van der Waals surface area contributed by atoms with E-state index >= 15 is 0 Å². The minimum absolute atomic E-state index is 0.268. The first-order valence-corrected chi connectivity index (χ1v) is 8.57. The highest BCUT2D eigenvalue weighted by molar-refractivity contribution is 7.93. The maximum absolute atomic E-state index is 12.5. The molecule has 0 saturated heterocycles. The van der Waals surface area contributed by atoms with Crippen LogP contribution in [0.3, 0.4) is 0 Å². The van der Waals surface area contributed by atoms with E-state index in [9.17, 15) is 8.42 Å². The van der Waals surface area contributed by atoms with Crippen molar-refractivity contribution in [3.05, 3.63) is 36.5 Å². The third-order valence-electron chi connectivity index (χ3n) is 3.88. The summed E-state index contributed by atoms with van der Waals surface area (Å²) < 4.78 is 27.7. The van der Waals surface area contributed by atoms with E-state index in [0.717, 1.165) is 37.5 Å². The average Bonchev–Trinajstić information content (AvgIpc) is 2.48. The number of hydrogen-bond acceptors (Lipinski definition) is 3. The van der Waals surface area contributed by atoms with Crippen LogP contribution in [0, 0.1) is 0 Å². The van der Waals surface area contributed by atoms with Crippen LogP contribution in [0.15, 0.2) is 36.5 Å². The number of sulfonamides is 1. The molecule has 1 fully saturated rings. The van der Waals surface area contributed by atoms with Crippen molar-refractivity contribution in [2.45, 2.75) is 37.4 Å². The van der Waals surface area contributed by atoms with Crippen molar-refractivity contribution < 1.29 is 8.42 Å². The number of fused-ring (bicyclic) bond motifs is 1. The van der Waals surface area contributed by atoms with Crippen LogP contribution in [0.2, 0.25) is 0 Å². The Balaban J connectivity index is 1.92. The van der Waals surface area contributed by atoms with Crippen molar-refractivity contribution in [1.29, 1.82) is 0 Å². The maximum atomic E-state index is 12.5. The lowest BCUT2D eigenvalue weighted by atomic mass is 10.0. The monoisotopic (exact) mass is 290 g/mol. The Morgan fingerprint density at radius 3 is 2.60 bits per heavy atom. The van der Waals surface area contributed by atoms with Crippen LogP contribution in [0.5, 0.6) is 0 Å². The van der Waals surface area contributed by atoms with Gasteiger partial charge in [0.05, 0.1) is 16.5 Å². The molecule has 1 aliphatic carbocycles. The first-order chi connectivity index (χ1) is 9.67. The predicted molar refractivity (Wildman–Crippen MR) is 81.2 cm³/mol. The first kappa shape index (κ1) is 13.4. The molecule has 1 aromatic heterocycles. The Hall–Kier alpha value is -1.62. The molecule has 1 aromatic carbocycles. The molecule has 0 spiro atoms. The SMILES string of the molecule is O=S(=O)(Nc1cccc2cccnc12)C1CCCCC1. The highest BCUT2D eigenvalue weighted by atomic mass is 32.2. The number of anilines is 1. The van der Waals surface area contributed by atoms with Gasteiger partial charge in [-0.1, -0.05) is 37.5 Å². The number of hydrogen-bond donors (Lipinski definition) is 1. The molecule has 20 heavy (non-hydrogen) atoms. The predicted octanol–water partition coefficient (Wildman–Crippen LogP) is 3.31. The lowest BCUT2D eigenvalue weighted by Crippen LogP contribution is -2.29. The van der Waals surface area contributed by atoms with Gasteiger partial charge in [0, 0.05) is 11.6 Å². The summed E-state index contributed by atoms with van der Waals surface area (Å²) in [5.41, 5.74) is 1.28. The summed E-state index contributed by atoms with van der Waals surface area (Å²) in [6.07, 6.45) is 6.34. The second kappa shape index (κ2) is 5.40. The van der Waals surface area contributed by atoms with Gasteiger partial charge in [0.15, 0.2) is 0 Å². The zero-order chi connectivity index (χ0) is 14.0. The van der Waals surface area contributed by atoms with Crippen molar-refractivity contribution in [3.8, 4) is 0 Å². The molecule has 0 atom stereocenters. The van der Waals surface area contributed by atoms with Crippen molar-refractivity contribution >= 4 is 26.6 Å². The third kappa shape index (κ3) is 2.63. The topological polar surface area (TPSA) is 59.1 Å². The standard InChI is InChI=1S/C15H18N2O2S/c18-20(19,13-8-2-1-3-9-13)17-14-10-4-6-12-7-5-11-16-15(12)14/h4-7,10-11,13,17H,1-3,8-9H2. The van der Waals surface area contributed by atoms with Gasteiger partial charge in [-0.25, -0.2) is 8.42 Å². The van der Waals surface area contributed by atoms with Crippen molar-refractivity contribution in [3.63, 3.8) is 0 Å². The largest absolute Gasteiger partial charge is 0.281 e. The van der Waals surface area contributed by atoms with Crippen LogP contribution >= 0.6 is 0 Å². The van der Waals surface area contributed by atoms with Crippen LogP contribution in [0.4, 0.5) is 5.69 Å². The number of nitrogens with one attached hydrogen (secondary N) is 1. The number of pyridine rings is 1. The van der Waals surface area contributed by atoms with Crippen LogP contribution in [-0.4, -0.2) is 18.7 Å². The summed E-state index contributed by atoms with van der Waals surface area (Å²) in [4.78, 5) is 4.28. The van der Waals surface area contributed by atoms with E-state index in [1.165, 1.54) is 0 Å². The molecular formula is C15H18N2O2S. The molecule has 1 heterocycles. The summed E-state index contributed by atoms with van der Waals surface area (Å²) in [5, 5.41) is 0.673. The molecule has 4 nitrogen and oxygen atoms in total. The molecule has 1 aliphatic rings. The zero-order valence-corrected chi connectivity index (χ0v) is 12.1. The van der Waals surface area contributed by atoms with Crippen LogP contribution in [0.25, 0.3) is 10.9 Å². The van der Waals surface area contributed by atoms with Crippen molar-refractivity contribution in [1.82, 2.24) is 4.98 Å². The molecule has 0 aliphatic heterocycles. The molecule has 1 saturated carbocycles. The Morgan fingerprint density at radius 2 is 1.80 bits per heavy atom. The van der Waals surface area contributed by atoms with Crippen molar-refractivity contribution in [2.75, 3.05) is 4.72 Å². The van der Waals surface area contributed by atoms with E-state index in [1.54, 1.807) is 12.3 Å². The zero-order valence-electron chi connectivity index (χ0n) is 11.2. The minimum atomic E-state index is -3.32. The lowest BCUT2D eigenvalue weighted by Gasteiger charge is -2.22. The van der Waals surface area contributed by atoms with Crippen LogP contribution in [0.1, 0.15) is 32.1 Å². The van der Waals surface area contributed by atoms with Gasteiger partial charge in [-0.2, -0.15) is 0 Å². The average molecular weight is 290 g/mol. The minimum Gasteiger partial charge on any atom is -0.281 e. The second-order valence-corrected chi connectivity index (χ2v) is 7.25. The van der Waals surface area contributed by atoms with E-state index in [2.05, 4.69) is 9.71 Å². The number of rotatable bonds is 3. The molecule has 0 unspecified atom stereocenters. The molecule has 5 heteroatoms. The first-order valence-electron chi connectivity index (χ1n) is 7.02. The summed E-state index contributed by atoms with van der Waals surface area (Å²) in [7, 11) is -3.32. The van der Waals surface area contributed by atoms with E-state index < -0.39 is 10.0 Å². The van der Waals surface area contributed by atoms with Crippen molar-refractivity contribution in [2.24, 2.45) is 0 Å². The fourth-order valence-electron chi connectivity index (χ4n) is 2.80. The van der Waals surface area contributed by atoms with Gasteiger partial charge in [0.2, 0.25) is 10.0 Å². The summed E-state index contributed by atoms with van der Waals surface area (Å²) >= 11 is 0. The van der Waals surface area contributed by atoms with Gasteiger partial charge in [0.25, 0.3) is 0 Å². The lowest BCUT2D eigenvalue weighted by molar-refractivity contribution is 0.486. The summed E-state index contributed by atoms with van der Waals surface area (Å²) in [6.45, 7) is 0. The quantitative estimate of drug-likeness (QED) is 0.943. The number of para-hydroxylation sites is 1. The Morgan fingerprint density at radius 1 is 1.05 bits per heavy atom. The van der Waals surface area contributed by atoms with Gasteiger partial charge in [-0.15, -0.1) is 0 Å². The smallest absolute Gasteiger partial charge is 0.235 e. The maximum Gasteiger partial charge on any atom is 0.235 e. The molecule has 0 bridgehead atoms.